The van der Waals surface area contributed by atoms with Gasteiger partial charge < -0.3 is 4.43 Å². The lowest BCUT2D eigenvalue weighted by atomic mass is 10.1. The highest BCUT2D eigenvalue weighted by Gasteiger charge is 2.24. The van der Waals surface area contributed by atoms with Gasteiger partial charge >= 0.3 is 0 Å². The van der Waals surface area contributed by atoms with Gasteiger partial charge in [-0.25, -0.2) is 0 Å². The number of rotatable bonds is 5. The smallest absolute Gasteiger partial charge is 0.245 e. The monoisotopic (exact) mass is 258 g/mol. The molecule has 0 bridgehead atoms. The molecule has 2 rings (SSSR count). The third kappa shape index (κ3) is 3.14. The van der Waals surface area contributed by atoms with Gasteiger partial charge in [-0.3, -0.25) is 0 Å². The topological polar surface area (TPSA) is 9.23 Å². The minimum atomic E-state index is -1.58. The second kappa shape index (κ2) is 5.57. The summed E-state index contributed by atoms with van der Waals surface area (Å²) in [6.45, 7) is 6.86. The van der Waals surface area contributed by atoms with E-state index in [1.807, 2.05) is 0 Å². The van der Waals surface area contributed by atoms with Crippen molar-refractivity contribution in [3.8, 4) is 5.75 Å². The van der Waals surface area contributed by atoms with E-state index < -0.39 is 8.32 Å². The van der Waals surface area contributed by atoms with Crippen LogP contribution in [0.2, 0.25) is 19.1 Å². The number of benzene rings is 2. The first-order valence-electron chi connectivity index (χ1n) is 6.79. The highest BCUT2D eigenvalue weighted by molar-refractivity contribution is 6.71. The molecule has 0 aliphatic carbocycles. The summed E-state index contributed by atoms with van der Waals surface area (Å²) in [5.41, 5.74) is 0. The van der Waals surface area contributed by atoms with Crippen molar-refractivity contribution in [2.45, 2.75) is 38.9 Å². The van der Waals surface area contributed by atoms with Gasteiger partial charge in [0.15, 0.2) is 0 Å². The summed E-state index contributed by atoms with van der Waals surface area (Å²) in [5.74, 6) is 1.06. The van der Waals surface area contributed by atoms with Gasteiger partial charge in [-0.2, -0.15) is 0 Å². The lowest BCUT2D eigenvalue weighted by Gasteiger charge is -2.25. The quantitative estimate of drug-likeness (QED) is 0.668. The predicted octanol–water partition coefficient (Wildman–Crippen LogP) is 5.22. The maximum Gasteiger partial charge on any atom is 0.245 e. The van der Waals surface area contributed by atoms with Crippen LogP contribution in [0.15, 0.2) is 42.5 Å². The first kappa shape index (κ1) is 13.2. The van der Waals surface area contributed by atoms with Crippen LogP contribution in [0.1, 0.15) is 19.8 Å². The average molecular weight is 258 g/mol. The van der Waals surface area contributed by atoms with Crippen LogP contribution in [0.4, 0.5) is 0 Å². The van der Waals surface area contributed by atoms with Crippen molar-refractivity contribution in [2.24, 2.45) is 0 Å². The van der Waals surface area contributed by atoms with Crippen LogP contribution < -0.4 is 4.43 Å². The van der Waals surface area contributed by atoms with E-state index in [9.17, 15) is 0 Å². The summed E-state index contributed by atoms with van der Waals surface area (Å²) in [6.07, 6.45) is 2.51. The molecule has 0 aliphatic heterocycles. The number of unbranched alkanes of at least 4 members (excludes halogenated alkanes) is 1. The summed E-state index contributed by atoms with van der Waals surface area (Å²) in [6, 6.07) is 16.0. The van der Waals surface area contributed by atoms with Crippen LogP contribution in [0.25, 0.3) is 10.8 Å². The normalized spacial score (nSPS) is 11.7. The fourth-order valence-corrected chi connectivity index (χ4v) is 4.32. The number of hydrogen-bond acceptors (Lipinski definition) is 1. The lowest BCUT2D eigenvalue weighted by molar-refractivity contribution is 0.548. The number of fused-ring (bicyclic) bond motifs is 1. The van der Waals surface area contributed by atoms with Crippen molar-refractivity contribution in [1.82, 2.24) is 0 Å². The fraction of sp³-hybridized carbons (Fsp3) is 0.375. The number of hydrogen-bond donors (Lipinski definition) is 0. The molecule has 0 N–H and O–H groups in total. The third-order valence-corrected chi connectivity index (χ3v) is 5.60. The molecule has 1 nitrogen and oxygen atoms in total. The van der Waals surface area contributed by atoms with Crippen LogP contribution in [0, 0.1) is 0 Å². The Morgan fingerprint density at radius 1 is 1.00 bits per heavy atom. The Morgan fingerprint density at radius 3 is 2.50 bits per heavy atom. The predicted molar refractivity (Wildman–Crippen MR) is 81.8 cm³/mol. The van der Waals surface area contributed by atoms with E-state index in [0.29, 0.717) is 0 Å². The van der Waals surface area contributed by atoms with E-state index in [4.69, 9.17) is 4.43 Å². The van der Waals surface area contributed by atoms with Crippen molar-refractivity contribution in [2.75, 3.05) is 0 Å². The van der Waals surface area contributed by atoms with Gasteiger partial charge in [0, 0.05) is 5.39 Å². The van der Waals surface area contributed by atoms with Crippen molar-refractivity contribution in [3.05, 3.63) is 42.5 Å². The van der Waals surface area contributed by atoms with Gasteiger partial charge in [0.2, 0.25) is 8.32 Å². The molecule has 0 spiro atoms. The summed E-state index contributed by atoms with van der Waals surface area (Å²) < 4.78 is 6.36. The molecule has 18 heavy (non-hydrogen) atoms. The zero-order chi connectivity index (χ0) is 13.0. The molecule has 0 saturated heterocycles. The minimum absolute atomic E-state index is 1.06. The summed E-state index contributed by atoms with van der Waals surface area (Å²) in [5, 5.41) is 2.49. The minimum Gasteiger partial charge on any atom is -0.544 e. The Hall–Kier alpha value is -1.28. The van der Waals surface area contributed by atoms with E-state index in [1.54, 1.807) is 0 Å². The Labute approximate surface area is 111 Å². The van der Waals surface area contributed by atoms with Gasteiger partial charge in [0.25, 0.3) is 0 Å². The van der Waals surface area contributed by atoms with Crippen LogP contribution in [0.3, 0.4) is 0 Å². The molecule has 2 heteroatoms. The maximum atomic E-state index is 6.36. The molecule has 96 valence electrons. The Morgan fingerprint density at radius 2 is 1.72 bits per heavy atom. The van der Waals surface area contributed by atoms with Crippen LogP contribution in [-0.2, 0) is 0 Å². The molecule has 0 aromatic heterocycles. The lowest BCUT2D eigenvalue weighted by Crippen LogP contribution is -2.33. The fourth-order valence-electron chi connectivity index (χ4n) is 2.24. The molecule has 0 atom stereocenters. The molecule has 0 unspecified atom stereocenters. The molecule has 0 heterocycles. The van der Waals surface area contributed by atoms with Crippen molar-refractivity contribution in [3.63, 3.8) is 0 Å². The van der Waals surface area contributed by atoms with E-state index in [0.717, 1.165) is 5.75 Å². The second-order valence-corrected chi connectivity index (χ2v) is 9.67. The van der Waals surface area contributed by atoms with Crippen molar-refractivity contribution >= 4 is 19.1 Å². The van der Waals surface area contributed by atoms with Crippen molar-refractivity contribution in [1.29, 1.82) is 0 Å². The van der Waals surface area contributed by atoms with Gasteiger partial charge in [-0.05, 0) is 30.6 Å². The molecule has 0 saturated carbocycles. The molecule has 2 aromatic rings. The van der Waals surface area contributed by atoms with Gasteiger partial charge in [0.1, 0.15) is 5.75 Å². The third-order valence-electron chi connectivity index (χ3n) is 3.27. The molecule has 2 aromatic carbocycles. The standard InChI is InChI=1S/C16H22OSi/c1-4-5-13-18(2,3)17-16-12-8-10-14-9-6-7-11-15(14)16/h6-12H,4-5,13H2,1-3H3. The second-order valence-electron chi connectivity index (χ2n) is 5.44. The molecule has 0 aliphatic rings. The molecule has 0 amide bonds. The van der Waals surface area contributed by atoms with E-state index in [2.05, 4.69) is 62.5 Å². The van der Waals surface area contributed by atoms with Crippen molar-refractivity contribution < 1.29 is 4.43 Å². The van der Waals surface area contributed by atoms with E-state index in [1.165, 1.54) is 29.7 Å². The first-order chi connectivity index (χ1) is 8.62. The highest BCUT2D eigenvalue weighted by atomic mass is 28.4. The van der Waals surface area contributed by atoms with Gasteiger partial charge in [-0.15, -0.1) is 0 Å². The SMILES string of the molecule is CCCC[Si](C)(C)Oc1cccc2ccccc12. The van der Waals surface area contributed by atoms with Crippen LogP contribution in [0.5, 0.6) is 5.75 Å². The van der Waals surface area contributed by atoms with Gasteiger partial charge in [0.05, 0.1) is 0 Å². The average Bonchev–Trinajstić information content (AvgIpc) is 2.37. The zero-order valence-corrected chi connectivity index (χ0v) is 12.6. The van der Waals surface area contributed by atoms with E-state index >= 15 is 0 Å². The van der Waals surface area contributed by atoms with E-state index in [-0.39, 0.29) is 0 Å². The Kier molecular flexibility index (Phi) is 4.07. The molecular formula is C16H22OSi. The first-order valence-corrected chi connectivity index (χ1v) is 9.91. The Balaban J connectivity index is 2.26. The maximum absolute atomic E-state index is 6.36. The summed E-state index contributed by atoms with van der Waals surface area (Å²) in [4.78, 5) is 0. The Bertz CT molecular complexity index is 514. The summed E-state index contributed by atoms with van der Waals surface area (Å²) in [7, 11) is -1.58. The molecule has 0 fully saturated rings. The van der Waals surface area contributed by atoms with Crippen LogP contribution in [-0.4, -0.2) is 8.32 Å². The largest absolute Gasteiger partial charge is 0.544 e. The van der Waals surface area contributed by atoms with Gasteiger partial charge in [-0.1, -0.05) is 56.2 Å². The molecular weight excluding hydrogens is 236 g/mol. The summed E-state index contributed by atoms with van der Waals surface area (Å²) >= 11 is 0. The zero-order valence-electron chi connectivity index (χ0n) is 11.6. The van der Waals surface area contributed by atoms with Crippen LogP contribution >= 0.6 is 0 Å². The molecule has 0 radical (unpaired) electrons. The highest BCUT2D eigenvalue weighted by Crippen LogP contribution is 2.28.